The Morgan fingerprint density at radius 1 is 1.09 bits per heavy atom. The number of anilines is 1. The second-order valence-electron chi connectivity index (χ2n) is 8.24. The maximum Gasteiger partial charge on any atom is 0.254 e. The molecule has 0 aromatic heterocycles. The van der Waals surface area contributed by atoms with Crippen molar-refractivity contribution in [2.24, 2.45) is 0 Å². The molecule has 3 aromatic carbocycles. The number of nitrogens with zero attached hydrogens (tertiary/aromatic N) is 3. The third-order valence-corrected chi connectivity index (χ3v) is 6.79. The number of carbonyl (C=O) groups excluding carboxylic acids is 1. The molecule has 1 aliphatic rings. The highest BCUT2D eigenvalue weighted by molar-refractivity contribution is 9.10. The van der Waals surface area contributed by atoms with E-state index >= 15 is 0 Å². The average molecular weight is 525 g/mol. The number of benzene rings is 3. The van der Waals surface area contributed by atoms with Gasteiger partial charge in [0.2, 0.25) is 0 Å². The summed E-state index contributed by atoms with van der Waals surface area (Å²) in [6, 6.07) is 18.7. The van der Waals surface area contributed by atoms with Gasteiger partial charge >= 0.3 is 0 Å². The zero-order chi connectivity index (χ0) is 23.7. The number of hydrogen-bond donors (Lipinski definition) is 1. The molecule has 1 aliphatic heterocycles. The maximum absolute atomic E-state index is 13.5. The van der Waals surface area contributed by atoms with Crippen molar-refractivity contribution in [2.45, 2.75) is 19.9 Å². The highest BCUT2D eigenvalue weighted by Gasteiger charge is 2.33. The van der Waals surface area contributed by atoms with Crippen LogP contribution in [0.4, 0.5) is 5.69 Å². The van der Waals surface area contributed by atoms with Crippen molar-refractivity contribution in [3.05, 3.63) is 91.9 Å². The fourth-order valence-electron chi connectivity index (χ4n) is 4.51. The van der Waals surface area contributed by atoms with E-state index in [1.807, 2.05) is 61.2 Å². The monoisotopic (exact) mass is 523 g/mol. The van der Waals surface area contributed by atoms with Crippen LogP contribution in [0.25, 0.3) is 0 Å². The molecule has 168 valence electrons. The molecule has 0 saturated carbocycles. The number of aryl methyl sites for hydroxylation is 2. The van der Waals surface area contributed by atoms with Gasteiger partial charge in [0.1, 0.15) is 11.8 Å². The zero-order valence-corrected chi connectivity index (χ0v) is 20.7. The van der Waals surface area contributed by atoms with Gasteiger partial charge in [-0.1, -0.05) is 39.7 Å². The van der Waals surface area contributed by atoms with E-state index in [0.29, 0.717) is 35.8 Å². The van der Waals surface area contributed by atoms with E-state index in [-0.39, 0.29) is 17.7 Å². The van der Waals surface area contributed by atoms with Gasteiger partial charge in [-0.15, -0.1) is 0 Å². The first-order chi connectivity index (χ1) is 15.8. The predicted molar refractivity (Wildman–Crippen MR) is 134 cm³/mol. The summed E-state index contributed by atoms with van der Waals surface area (Å²) in [6.07, 6.45) is 0. The summed E-state index contributed by atoms with van der Waals surface area (Å²) >= 11 is 9.58. The summed E-state index contributed by atoms with van der Waals surface area (Å²) in [6.45, 7) is 5.23. The second-order valence-corrected chi connectivity index (χ2v) is 9.59. The Bertz CT molecular complexity index is 1230. The van der Waals surface area contributed by atoms with Gasteiger partial charge in [0, 0.05) is 34.7 Å². The van der Waals surface area contributed by atoms with Crippen molar-refractivity contribution >= 4 is 39.1 Å². The highest BCUT2D eigenvalue weighted by atomic mass is 79.9. The van der Waals surface area contributed by atoms with Crippen molar-refractivity contribution in [1.29, 1.82) is 5.26 Å². The number of phenols is 1. The molecule has 1 N–H and O–H groups in total. The standard InChI is InChI=1S/C26H23BrClN3O2/c1-16-11-22(32)12-17(2)25(16)26(33)30-9-10-31(23-8-5-20(27)13-19(23)14-29)24(15-30)18-3-6-21(28)7-4-18/h3-8,11-13,24,32H,9-10,15H2,1-2H3/t24-/m0/s1. The molecule has 33 heavy (non-hydrogen) atoms. The topological polar surface area (TPSA) is 67.6 Å². The molecule has 7 heteroatoms. The van der Waals surface area contributed by atoms with Gasteiger partial charge in [0.15, 0.2) is 0 Å². The third kappa shape index (κ3) is 4.71. The number of piperazine rings is 1. The van der Waals surface area contributed by atoms with Crippen molar-refractivity contribution in [1.82, 2.24) is 4.90 Å². The molecule has 1 atom stereocenters. The minimum Gasteiger partial charge on any atom is -0.508 e. The number of phenolic OH excluding ortho intramolecular Hbond substituents is 1. The van der Waals surface area contributed by atoms with Crippen LogP contribution in [0.15, 0.2) is 59.1 Å². The Hall–Kier alpha value is -3.01. The van der Waals surface area contributed by atoms with E-state index in [0.717, 1.165) is 26.9 Å². The lowest BCUT2D eigenvalue weighted by Crippen LogP contribution is -2.51. The van der Waals surface area contributed by atoms with Gasteiger partial charge in [-0.25, -0.2) is 0 Å². The molecule has 5 nitrogen and oxygen atoms in total. The van der Waals surface area contributed by atoms with Crippen LogP contribution in [-0.2, 0) is 0 Å². The lowest BCUT2D eigenvalue weighted by molar-refractivity contribution is 0.0720. The summed E-state index contributed by atoms with van der Waals surface area (Å²) in [7, 11) is 0. The van der Waals surface area contributed by atoms with Gasteiger partial charge in [0.25, 0.3) is 5.91 Å². The molecule has 0 radical (unpaired) electrons. The summed E-state index contributed by atoms with van der Waals surface area (Å²) in [5.74, 6) is 0.101. The number of halogens is 2. The number of nitriles is 1. The first-order valence-electron chi connectivity index (χ1n) is 10.6. The third-order valence-electron chi connectivity index (χ3n) is 6.04. The number of rotatable bonds is 3. The Labute approximate surface area is 206 Å². The molecule has 0 spiro atoms. The first kappa shape index (κ1) is 23.2. The minimum atomic E-state index is -0.147. The summed E-state index contributed by atoms with van der Waals surface area (Å²) < 4.78 is 0.845. The SMILES string of the molecule is Cc1cc(O)cc(C)c1C(=O)N1CCN(c2ccc(Br)cc2C#N)[C@H](c2ccc(Cl)cc2)C1. The van der Waals surface area contributed by atoms with Crippen LogP contribution in [0.1, 0.15) is 38.7 Å². The summed E-state index contributed by atoms with van der Waals surface area (Å²) in [4.78, 5) is 17.6. The van der Waals surface area contributed by atoms with Crippen molar-refractivity contribution in [3.8, 4) is 11.8 Å². The fourth-order valence-corrected chi connectivity index (χ4v) is 5.00. The molecule has 4 rings (SSSR count). The minimum absolute atomic E-state index is 0.0556. The summed E-state index contributed by atoms with van der Waals surface area (Å²) in [5.41, 5.74) is 4.56. The first-order valence-corrected chi connectivity index (χ1v) is 11.8. The van der Waals surface area contributed by atoms with Crippen LogP contribution in [0.5, 0.6) is 5.75 Å². The largest absolute Gasteiger partial charge is 0.508 e. The molecule has 3 aromatic rings. The average Bonchev–Trinajstić information content (AvgIpc) is 2.78. The van der Waals surface area contributed by atoms with Gasteiger partial charge in [-0.3, -0.25) is 4.79 Å². The normalized spacial score (nSPS) is 15.9. The van der Waals surface area contributed by atoms with Crippen molar-refractivity contribution < 1.29 is 9.90 Å². The van der Waals surface area contributed by atoms with Crippen molar-refractivity contribution in [3.63, 3.8) is 0 Å². The van der Waals surface area contributed by atoms with Crippen LogP contribution in [0.2, 0.25) is 5.02 Å². The Balaban J connectivity index is 1.73. The molecular formula is C26H23BrClN3O2. The molecule has 0 aliphatic carbocycles. The van der Waals surface area contributed by atoms with Crippen LogP contribution in [-0.4, -0.2) is 35.5 Å². The predicted octanol–water partition coefficient (Wildman–Crippen LogP) is 6.00. The van der Waals surface area contributed by atoms with Gasteiger partial charge in [0.05, 0.1) is 17.3 Å². The number of hydrogen-bond acceptors (Lipinski definition) is 4. The van der Waals surface area contributed by atoms with Crippen LogP contribution in [0, 0.1) is 25.2 Å². The smallest absolute Gasteiger partial charge is 0.254 e. The van der Waals surface area contributed by atoms with Crippen LogP contribution in [0.3, 0.4) is 0 Å². The van der Waals surface area contributed by atoms with E-state index in [4.69, 9.17) is 11.6 Å². The Kier molecular flexibility index (Phi) is 6.64. The Morgan fingerprint density at radius 3 is 2.39 bits per heavy atom. The quantitative estimate of drug-likeness (QED) is 0.456. The van der Waals surface area contributed by atoms with Crippen LogP contribution >= 0.6 is 27.5 Å². The van der Waals surface area contributed by atoms with E-state index in [9.17, 15) is 15.2 Å². The number of amides is 1. The molecule has 1 heterocycles. The molecule has 0 unspecified atom stereocenters. The van der Waals surface area contributed by atoms with E-state index in [1.54, 1.807) is 12.1 Å². The second kappa shape index (κ2) is 9.46. The van der Waals surface area contributed by atoms with E-state index in [2.05, 4.69) is 26.9 Å². The van der Waals surface area contributed by atoms with E-state index in [1.165, 1.54) is 0 Å². The maximum atomic E-state index is 13.5. The van der Waals surface area contributed by atoms with Crippen LogP contribution < -0.4 is 4.90 Å². The Morgan fingerprint density at radius 2 is 1.76 bits per heavy atom. The molecule has 1 saturated heterocycles. The fraction of sp³-hybridized carbons (Fsp3) is 0.231. The highest BCUT2D eigenvalue weighted by Crippen LogP contribution is 2.35. The van der Waals surface area contributed by atoms with Gasteiger partial charge in [-0.05, 0) is 73.0 Å². The molecule has 1 fully saturated rings. The number of carbonyl (C=O) groups is 1. The van der Waals surface area contributed by atoms with Crippen molar-refractivity contribution in [2.75, 3.05) is 24.5 Å². The zero-order valence-electron chi connectivity index (χ0n) is 18.3. The molecular weight excluding hydrogens is 502 g/mol. The lowest BCUT2D eigenvalue weighted by Gasteiger charge is -2.43. The lowest BCUT2D eigenvalue weighted by atomic mass is 9.97. The molecule has 1 amide bonds. The summed E-state index contributed by atoms with van der Waals surface area (Å²) in [5, 5.41) is 20.3. The number of aromatic hydroxyl groups is 1. The van der Waals surface area contributed by atoms with Gasteiger partial charge in [-0.2, -0.15) is 5.26 Å². The molecule has 0 bridgehead atoms. The van der Waals surface area contributed by atoms with E-state index < -0.39 is 0 Å². The van der Waals surface area contributed by atoms with Gasteiger partial charge < -0.3 is 14.9 Å².